The number of ether oxygens (including phenoxy) is 1. The van der Waals surface area contributed by atoms with Crippen LogP contribution >= 0.6 is 0 Å². The van der Waals surface area contributed by atoms with Crippen LogP contribution in [0.25, 0.3) is 11.1 Å². The molecule has 4 N–H and O–H groups in total. The van der Waals surface area contributed by atoms with Gasteiger partial charge in [-0.15, -0.1) is 0 Å². The number of carboxylic acid groups (broad SMARTS) is 1. The van der Waals surface area contributed by atoms with Crippen LogP contribution < -0.4 is 10.6 Å². The summed E-state index contributed by atoms with van der Waals surface area (Å²) in [6, 6.07) is 16.0. The van der Waals surface area contributed by atoms with Gasteiger partial charge in [0.05, 0.1) is 5.69 Å². The molecule has 0 radical (unpaired) electrons. The van der Waals surface area contributed by atoms with Gasteiger partial charge >= 0.3 is 12.1 Å². The normalized spacial score (nSPS) is 13.0. The third kappa shape index (κ3) is 4.76. The number of carbonyl (C=O) groups is 3. The van der Waals surface area contributed by atoms with Crippen LogP contribution in [-0.4, -0.2) is 57.2 Å². The molecule has 0 spiro atoms. The molecule has 1 aliphatic carbocycles. The highest BCUT2D eigenvalue weighted by molar-refractivity contribution is 6.00. The summed E-state index contributed by atoms with van der Waals surface area (Å²) < 4.78 is 6.87. The Morgan fingerprint density at radius 3 is 2.32 bits per heavy atom. The second-order valence-electron chi connectivity index (χ2n) is 7.91. The average Bonchev–Trinajstić information content (AvgIpc) is 3.34. The second-order valence-corrected chi connectivity index (χ2v) is 7.91. The van der Waals surface area contributed by atoms with Gasteiger partial charge in [-0.3, -0.25) is 14.8 Å². The molecule has 0 aliphatic heterocycles. The number of anilines is 1. The van der Waals surface area contributed by atoms with Crippen molar-refractivity contribution >= 4 is 23.7 Å². The van der Waals surface area contributed by atoms with E-state index in [4.69, 9.17) is 9.84 Å². The molecule has 0 fully saturated rings. The fourth-order valence-corrected chi connectivity index (χ4v) is 4.02. The van der Waals surface area contributed by atoms with Crippen LogP contribution in [0.4, 0.5) is 10.5 Å². The Morgan fingerprint density at radius 2 is 1.71 bits per heavy atom. The number of aliphatic carboxylic acids is 1. The lowest BCUT2D eigenvalue weighted by atomic mass is 9.98. The van der Waals surface area contributed by atoms with E-state index in [1.807, 2.05) is 48.5 Å². The van der Waals surface area contributed by atoms with Crippen molar-refractivity contribution in [1.29, 1.82) is 0 Å². The van der Waals surface area contributed by atoms with E-state index in [0.717, 1.165) is 22.3 Å². The number of aliphatic hydroxyl groups is 1. The minimum absolute atomic E-state index is 0.0548. The molecule has 1 aliphatic rings. The van der Waals surface area contributed by atoms with Crippen LogP contribution in [0.1, 0.15) is 34.0 Å². The number of aliphatic hydroxyl groups excluding tert-OH is 1. The van der Waals surface area contributed by atoms with E-state index in [9.17, 15) is 19.5 Å². The van der Waals surface area contributed by atoms with Gasteiger partial charge in [0.25, 0.3) is 5.91 Å². The number of amides is 2. The van der Waals surface area contributed by atoms with E-state index in [1.165, 1.54) is 10.9 Å². The van der Waals surface area contributed by atoms with Gasteiger partial charge in [-0.1, -0.05) is 48.5 Å². The van der Waals surface area contributed by atoms with Gasteiger partial charge in [-0.05, 0) is 22.3 Å². The predicted octanol–water partition coefficient (Wildman–Crippen LogP) is 2.35. The minimum Gasteiger partial charge on any atom is -0.479 e. The van der Waals surface area contributed by atoms with E-state index in [0.29, 0.717) is 0 Å². The first-order valence-corrected chi connectivity index (χ1v) is 10.7. The standard InChI is InChI=1S/C24H24N4O6/c1-28-12-19(21(27-28)22(30)25-11-10-20(29)23(31)32)26-24(33)34-13-18-16-8-4-2-6-14(16)15-7-3-5-9-17(15)18/h2-9,12,18,20,29H,10-11,13H2,1H3,(H,25,30)(H,26,33)(H,31,32)/t20-/m0/s1. The van der Waals surface area contributed by atoms with Crippen LogP contribution in [-0.2, 0) is 16.6 Å². The molecule has 10 heteroatoms. The van der Waals surface area contributed by atoms with Crippen LogP contribution in [0.2, 0.25) is 0 Å². The Labute approximate surface area is 195 Å². The van der Waals surface area contributed by atoms with E-state index in [1.54, 1.807) is 7.05 Å². The van der Waals surface area contributed by atoms with Crippen molar-refractivity contribution in [3.8, 4) is 11.1 Å². The maximum atomic E-state index is 12.6. The van der Waals surface area contributed by atoms with Gasteiger partial charge in [-0.2, -0.15) is 5.10 Å². The molecule has 2 amide bonds. The van der Waals surface area contributed by atoms with Crippen LogP contribution in [0.15, 0.2) is 54.7 Å². The highest BCUT2D eigenvalue weighted by Crippen LogP contribution is 2.44. The summed E-state index contributed by atoms with van der Waals surface area (Å²) >= 11 is 0. The predicted molar refractivity (Wildman–Crippen MR) is 122 cm³/mol. The number of carbonyl (C=O) groups excluding carboxylic acids is 2. The van der Waals surface area contributed by atoms with Crippen molar-refractivity contribution in [2.75, 3.05) is 18.5 Å². The van der Waals surface area contributed by atoms with Crippen LogP contribution in [0.5, 0.6) is 0 Å². The first-order valence-electron chi connectivity index (χ1n) is 10.7. The third-order valence-electron chi connectivity index (χ3n) is 5.61. The van der Waals surface area contributed by atoms with Gasteiger partial charge in [0.15, 0.2) is 11.8 Å². The van der Waals surface area contributed by atoms with Crippen molar-refractivity contribution < 1.29 is 29.3 Å². The number of nitrogens with one attached hydrogen (secondary N) is 2. The summed E-state index contributed by atoms with van der Waals surface area (Å²) in [5, 5.41) is 27.1. The maximum Gasteiger partial charge on any atom is 0.411 e. The molecule has 4 rings (SSSR count). The molecular weight excluding hydrogens is 440 g/mol. The zero-order valence-electron chi connectivity index (χ0n) is 18.4. The Morgan fingerprint density at radius 1 is 1.09 bits per heavy atom. The molecule has 1 heterocycles. The number of fused-ring (bicyclic) bond motifs is 3. The zero-order valence-corrected chi connectivity index (χ0v) is 18.4. The Kier molecular flexibility index (Phi) is 6.60. The topological polar surface area (TPSA) is 143 Å². The zero-order chi connectivity index (χ0) is 24.2. The van der Waals surface area contributed by atoms with Crippen molar-refractivity contribution in [2.45, 2.75) is 18.4 Å². The van der Waals surface area contributed by atoms with E-state index >= 15 is 0 Å². The molecular formula is C24H24N4O6. The molecule has 176 valence electrons. The lowest BCUT2D eigenvalue weighted by Gasteiger charge is -2.14. The van der Waals surface area contributed by atoms with Gasteiger partial charge < -0.3 is 20.3 Å². The molecule has 0 unspecified atom stereocenters. The molecule has 34 heavy (non-hydrogen) atoms. The minimum atomic E-state index is -1.58. The molecule has 0 saturated carbocycles. The van der Waals surface area contributed by atoms with Crippen molar-refractivity contribution in [1.82, 2.24) is 15.1 Å². The lowest BCUT2D eigenvalue weighted by molar-refractivity contribution is -0.146. The first-order chi connectivity index (χ1) is 16.3. The molecule has 1 atom stereocenters. The van der Waals surface area contributed by atoms with Gasteiger partial charge in [-0.25, -0.2) is 9.59 Å². The van der Waals surface area contributed by atoms with E-state index in [2.05, 4.69) is 15.7 Å². The molecule has 2 aromatic carbocycles. The summed E-state index contributed by atoms with van der Waals surface area (Å²) in [6.07, 6.45) is -1.02. The van der Waals surface area contributed by atoms with Crippen LogP contribution in [0, 0.1) is 0 Å². The van der Waals surface area contributed by atoms with Crippen LogP contribution in [0.3, 0.4) is 0 Å². The average molecular weight is 464 g/mol. The summed E-state index contributed by atoms with van der Waals surface area (Å²) in [7, 11) is 1.59. The number of benzene rings is 2. The number of nitrogens with zero attached hydrogens (tertiary/aromatic N) is 2. The number of carboxylic acids is 1. The van der Waals surface area contributed by atoms with Crippen molar-refractivity contribution in [2.24, 2.45) is 7.05 Å². The Balaban J connectivity index is 1.39. The number of hydrogen-bond acceptors (Lipinski definition) is 6. The third-order valence-corrected chi connectivity index (χ3v) is 5.61. The fraction of sp³-hybridized carbons (Fsp3) is 0.250. The number of aryl methyl sites for hydroxylation is 1. The lowest BCUT2D eigenvalue weighted by Crippen LogP contribution is -2.31. The number of hydrogen-bond donors (Lipinski definition) is 4. The van der Waals surface area contributed by atoms with E-state index in [-0.39, 0.29) is 36.9 Å². The van der Waals surface area contributed by atoms with Crippen molar-refractivity contribution in [3.05, 3.63) is 71.5 Å². The van der Waals surface area contributed by atoms with Crippen molar-refractivity contribution in [3.63, 3.8) is 0 Å². The second kappa shape index (κ2) is 9.75. The molecule has 0 bridgehead atoms. The molecule has 0 saturated heterocycles. The highest BCUT2D eigenvalue weighted by Gasteiger charge is 2.29. The summed E-state index contributed by atoms with van der Waals surface area (Å²) in [6.45, 7) is 0.0436. The maximum absolute atomic E-state index is 12.6. The first kappa shape index (κ1) is 23.0. The van der Waals surface area contributed by atoms with Gasteiger partial charge in [0.2, 0.25) is 0 Å². The molecule has 1 aromatic heterocycles. The molecule has 3 aromatic rings. The number of aromatic nitrogens is 2. The Hall–Kier alpha value is -4.18. The van der Waals surface area contributed by atoms with E-state index < -0.39 is 24.1 Å². The summed E-state index contributed by atoms with van der Waals surface area (Å²) in [5.74, 6) is -2.09. The quantitative estimate of drug-likeness (QED) is 0.401. The summed E-state index contributed by atoms with van der Waals surface area (Å²) in [5.41, 5.74) is 4.50. The molecule has 10 nitrogen and oxygen atoms in total. The Bertz CT molecular complexity index is 1190. The largest absolute Gasteiger partial charge is 0.479 e. The number of rotatable bonds is 8. The monoisotopic (exact) mass is 464 g/mol. The highest BCUT2D eigenvalue weighted by atomic mass is 16.5. The van der Waals surface area contributed by atoms with Gasteiger partial charge in [0, 0.05) is 32.1 Å². The summed E-state index contributed by atoms with van der Waals surface area (Å²) in [4.78, 5) is 35.7. The smallest absolute Gasteiger partial charge is 0.411 e. The SMILES string of the molecule is Cn1cc(NC(=O)OCC2c3ccccc3-c3ccccc32)c(C(=O)NCC[C@H](O)C(=O)O)n1. The fourth-order valence-electron chi connectivity index (χ4n) is 4.02. The van der Waals surface area contributed by atoms with Gasteiger partial charge in [0.1, 0.15) is 6.61 Å².